The van der Waals surface area contributed by atoms with E-state index in [1.165, 1.54) is 6.20 Å². The number of sulfonamides is 1. The molecule has 2 aromatic rings. The Kier molecular flexibility index (Phi) is 6.79. The van der Waals surface area contributed by atoms with E-state index in [0.717, 1.165) is 31.5 Å². The summed E-state index contributed by atoms with van der Waals surface area (Å²) in [5, 5.41) is 7.77. The van der Waals surface area contributed by atoms with E-state index >= 15 is 0 Å². The van der Waals surface area contributed by atoms with Crippen LogP contribution in [0.2, 0.25) is 0 Å². The molecule has 9 heteroatoms. The third-order valence-electron chi connectivity index (χ3n) is 4.73. The van der Waals surface area contributed by atoms with Gasteiger partial charge in [-0.25, -0.2) is 13.4 Å². The second kappa shape index (κ2) is 8.44. The Balaban J connectivity index is 0.00000225. The van der Waals surface area contributed by atoms with Crippen molar-refractivity contribution < 1.29 is 12.9 Å². The van der Waals surface area contributed by atoms with Gasteiger partial charge >= 0.3 is 0 Å². The third-order valence-corrected chi connectivity index (χ3v) is 6.59. The monoisotopic (exact) mass is 388 g/mol. The standard InChI is InChI=1S/C16H24N4O3S.ClH/c1-3-15-14-10-13(11-18-16(14)23-19-15)24(21,22)20-8-5-12(6-9-20)4-7-17-2;/h10-12,17H,3-9H2,1-2H3;1H. The molecular formula is C16H25ClN4O3S. The zero-order valence-electron chi connectivity index (χ0n) is 14.6. The fourth-order valence-corrected chi connectivity index (χ4v) is 4.63. The van der Waals surface area contributed by atoms with Crippen molar-refractivity contribution in [2.45, 2.75) is 37.5 Å². The summed E-state index contributed by atoms with van der Waals surface area (Å²) in [5.41, 5.74) is 1.12. The predicted molar refractivity (Wildman–Crippen MR) is 98.5 cm³/mol. The molecule has 3 rings (SSSR count). The van der Waals surface area contributed by atoms with Crippen LogP contribution < -0.4 is 5.32 Å². The van der Waals surface area contributed by atoms with E-state index < -0.39 is 10.0 Å². The van der Waals surface area contributed by atoms with Gasteiger partial charge in [-0.1, -0.05) is 12.1 Å². The van der Waals surface area contributed by atoms with Gasteiger partial charge in [0.05, 0.1) is 17.3 Å². The van der Waals surface area contributed by atoms with Crippen LogP contribution in [0.25, 0.3) is 11.1 Å². The highest BCUT2D eigenvalue weighted by atomic mass is 35.5. The molecule has 3 heterocycles. The number of aryl methyl sites for hydroxylation is 1. The van der Waals surface area contributed by atoms with Crippen molar-refractivity contribution in [3.8, 4) is 0 Å². The zero-order valence-corrected chi connectivity index (χ0v) is 16.2. The van der Waals surface area contributed by atoms with Crippen LogP contribution in [0.5, 0.6) is 0 Å². The molecule has 1 fully saturated rings. The van der Waals surface area contributed by atoms with Crippen LogP contribution in [-0.2, 0) is 16.4 Å². The molecule has 0 aliphatic carbocycles. The molecule has 0 atom stereocenters. The summed E-state index contributed by atoms with van der Waals surface area (Å²) < 4.78 is 32.5. The first kappa shape index (κ1) is 20.1. The number of pyridine rings is 1. The summed E-state index contributed by atoms with van der Waals surface area (Å²) >= 11 is 0. The number of rotatable bonds is 6. The molecular weight excluding hydrogens is 364 g/mol. The predicted octanol–water partition coefficient (Wildman–Crippen LogP) is 2.22. The van der Waals surface area contributed by atoms with Crippen LogP contribution in [0.15, 0.2) is 21.7 Å². The maximum atomic E-state index is 12.9. The number of hydrogen-bond acceptors (Lipinski definition) is 6. The SMILES string of the molecule is CCc1noc2ncc(S(=O)(=O)N3CCC(CCNC)CC3)cc12.Cl. The largest absolute Gasteiger partial charge is 0.336 e. The highest BCUT2D eigenvalue weighted by molar-refractivity contribution is 7.89. The lowest BCUT2D eigenvalue weighted by atomic mass is 9.95. The van der Waals surface area contributed by atoms with Gasteiger partial charge in [-0.2, -0.15) is 4.31 Å². The molecule has 25 heavy (non-hydrogen) atoms. The number of fused-ring (bicyclic) bond motifs is 1. The number of piperidine rings is 1. The van der Waals surface area contributed by atoms with Gasteiger partial charge in [0.15, 0.2) is 0 Å². The minimum absolute atomic E-state index is 0. The van der Waals surface area contributed by atoms with E-state index in [1.54, 1.807) is 10.4 Å². The molecule has 0 aromatic carbocycles. The molecule has 1 aliphatic rings. The quantitative estimate of drug-likeness (QED) is 0.816. The molecule has 0 bridgehead atoms. The summed E-state index contributed by atoms with van der Waals surface area (Å²) in [5.74, 6) is 0.592. The van der Waals surface area contributed by atoms with Gasteiger partial charge in [-0.05, 0) is 51.3 Å². The zero-order chi connectivity index (χ0) is 17.2. The highest BCUT2D eigenvalue weighted by Gasteiger charge is 2.30. The van der Waals surface area contributed by atoms with Gasteiger partial charge in [0.1, 0.15) is 4.90 Å². The lowest BCUT2D eigenvalue weighted by Gasteiger charge is -2.31. The lowest BCUT2D eigenvalue weighted by Crippen LogP contribution is -2.38. The Labute approximate surface area is 154 Å². The molecule has 0 spiro atoms. The van der Waals surface area contributed by atoms with Crippen molar-refractivity contribution in [3.05, 3.63) is 18.0 Å². The summed E-state index contributed by atoms with van der Waals surface area (Å²) in [6.45, 7) is 4.07. The van der Waals surface area contributed by atoms with Crippen molar-refractivity contribution in [1.82, 2.24) is 19.8 Å². The van der Waals surface area contributed by atoms with E-state index in [9.17, 15) is 8.42 Å². The van der Waals surface area contributed by atoms with E-state index in [0.29, 0.717) is 36.5 Å². The van der Waals surface area contributed by atoms with Gasteiger partial charge in [0.2, 0.25) is 10.0 Å². The molecule has 1 saturated heterocycles. The topological polar surface area (TPSA) is 88.3 Å². The molecule has 0 saturated carbocycles. The highest BCUT2D eigenvalue weighted by Crippen LogP contribution is 2.27. The van der Waals surface area contributed by atoms with Gasteiger partial charge in [-0.15, -0.1) is 12.4 Å². The van der Waals surface area contributed by atoms with Crippen molar-refractivity contribution in [3.63, 3.8) is 0 Å². The van der Waals surface area contributed by atoms with Crippen LogP contribution >= 0.6 is 12.4 Å². The van der Waals surface area contributed by atoms with E-state index in [4.69, 9.17) is 4.52 Å². The Morgan fingerprint density at radius 3 is 2.72 bits per heavy atom. The normalized spacial score (nSPS) is 16.9. The third kappa shape index (κ3) is 4.13. The maximum absolute atomic E-state index is 12.9. The smallest absolute Gasteiger partial charge is 0.258 e. The number of hydrogen-bond donors (Lipinski definition) is 1. The summed E-state index contributed by atoms with van der Waals surface area (Å²) in [6.07, 6.45) is 4.96. The fourth-order valence-electron chi connectivity index (χ4n) is 3.19. The molecule has 0 unspecified atom stereocenters. The van der Waals surface area contributed by atoms with Crippen molar-refractivity contribution in [1.29, 1.82) is 0 Å². The van der Waals surface area contributed by atoms with Crippen molar-refractivity contribution in [2.75, 3.05) is 26.7 Å². The fraction of sp³-hybridized carbons (Fsp3) is 0.625. The summed E-state index contributed by atoms with van der Waals surface area (Å²) in [6, 6.07) is 1.64. The Hall–Kier alpha value is -1.22. The number of nitrogens with zero attached hydrogens (tertiary/aromatic N) is 3. The van der Waals surface area contributed by atoms with Gasteiger partial charge in [-0.3, -0.25) is 0 Å². The lowest BCUT2D eigenvalue weighted by molar-refractivity contribution is 0.263. The van der Waals surface area contributed by atoms with Crippen LogP contribution in [0.4, 0.5) is 0 Å². The first-order valence-electron chi connectivity index (χ1n) is 8.45. The van der Waals surface area contributed by atoms with Crippen molar-refractivity contribution in [2.24, 2.45) is 5.92 Å². The van der Waals surface area contributed by atoms with Gasteiger partial charge < -0.3 is 9.84 Å². The van der Waals surface area contributed by atoms with Crippen LogP contribution in [0, 0.1) is 5.92 Å². The Morgan fingerprint density at radius 1 is 1.36 bits per heavy atom. The van der Waals surface area contributed by atoms with Crippen molar-refractivity contribution >= 4 is 33.5 Å². The molecule has 1 N–H and O–H groups in total. The van der Waals surface area contributed by atoms with Crippen LogP contribution in [0.1, 0.15) is 31.9 Å². The number of nitrogens with one attached hydrogen (secondary N) is 1. The minimum atomic E-state index is -3.51. The van der Waals surface area contributed by atoms with Gasteiger partial charge in [0, 0.05) is 13.1 Å². The molecule has 7 nitrogen and oxygen atoms in total. The first-order chi connectivity index (χ1) is 11.6. The first-order valence-corrected chi connectivity index (χ1v) is 9.89. The molecule has 1 aliphatic heterocycles. The number of aromatic nitrogens is 2. The van der Waals surface area contributed by atoms with Crippen LogP contribution in [-0.4, -0.2) is 49.5 Å². The molecule has 0 radical (unpaired) electrons. The second-order valence-electron chi connectivity index (χ2n) is 6.25. The average molecular weight is 389 g/mol. The minimum Gasteiger partial charge on any atom is -0.336 e. The second-order valence-corrected chi connectivity index (χ2v) is 8.18. The summed E-state index contributed by atoms with van der Waals surface area (Å²) in [7, 11) is -1.57. The Morgan fingerprint density at radius 2 is 2.08 bits per heavy atom. The maximum Gasteiger partial charge on any atom is 0.258 e. The molecule has 0 amide bonds. The summed E-state index contributed by atoms with van der Waals surface area (Å²) in [4.78, 5) is 4.35. The van der Waals surface area contributed by atoms with Crippen LogP contribution in [0.3, 0.4) is 0 Å². The molecule has 2 aromatic heterocycles. The molecule has 140 valence electrons. The van der Waals surface area contributed by atoms with E-state index in [-0.39, 0.29) is 17.3 Å². The van der Waals surface area contributed by atoms with Gasteiger partial charge in [0.25, 0.3) is 5.71 Å². The van der Waals surface area contributed by atoms with E-state index in [2.05, 4.69) is 15.5 Å². The van der Waals surface area contributed by atoms with E-state index in [1.807, 2.05) is 14.0 Å². The average Bonchev–Trinajstić information content (AvgIpc) is 3.02. The number of halogens is 1. The Bertz CT molecular complexity index is 801.